The zero-order chi connectivity index (χ0) is 8.27. The fourth-order valence-corrected chi connectivity index (χ4v) is 2.23. The molecule has 0 bridgehead atoms. The molecule has 1 heteroatoms. The summed E-state index contributed by atoms with van der Waals surface area (Å²) in [6, 6.07) is 0. The second-order valence-electron chi connectivity index (χ2n) is 3.87. The molecule has 0 spiro atoms. The van der Waals surface area contributed by atoms with E-state index in [1.807, 2.05) is 7.05 Å². The highest BCUT2D eigenvalue weighted by Crippen LogP contribution is 2.50. The highest BCUT2D eigenvalue weighted by Gasteiger charge is 2.44. The summed E-state index contributed by atoms with van der Waals surface area (Å²) in [5, 5.41) is 3.22. The molecule has 0 aromatic rings. The number of hydrogen-bond donors (Lipinski definition) is 1. The van der Waals surface area contributed by atoms with Gasteiger partial charge in [0, 0.05) is 0 Å². The van der Waals surface area contributed by atoms with Crippen LogP contribution < -0.4 is 5.32 Å². The smallest absolute Gasteiger partial charge is 0.00491 e. The standard InChI is InChI=1S/C10H21N/c1-4-5-9-8(2)10(9)6-7-11-3/h8-11H,4-7H2,1-3H3. The van der Waals surface area contributed by atoms with Gasteiger partial charge in [-0.05, 0) is 37.8 Å². The zero-order valence-corrected chi connectivity index (χ0v) is 8.06. The molecule has 11 heavy (non-hydrogen) atoms. The van der Waals surface area contributed by atoms with E-state index in [2.05, 4.69) is 19.2 Å². The fourth-order valence-electron chi connectivity index (χ4n) is 2.23. The molecule has 0 amide bonds. The molecule has 3 atom stereocenters. The molecule has 1 rings (SSSR count). The summed E-state index contributed by atoms with van der Waals surface area (Å²) in [4.78, 5) is 0. The summed E-state index contributed by atoms with van der Waals surface area (Å²) in [6.07, 6.45) is 4.21. The van der Waals surface area contributed by atoms with Crippen LogP contribution in [0.3, 0.4) is 0 Å². The Morgan fingerprint density at radius 2 is 1.82 bits per heavy atom. The Balaban J connectivity index is 2.09. The second kappa shape index (κ2) is 4.10. The van der Waals surface area contributed by atoms with E-state index in [9.17, 15) is 0 Å². The monoisotopic (exact) mass is 155 g/mol. The Bertz CT molecular complexity index is 111. The summed E-state index contributed by atoms with van der Waals surface area (Å²) in [6.45, 7) is 5.90. The predicted molar refractivity (Wildman–Crippen MR) is 49.6 cm³/mol. The van der Waals surface area contributed by atoms with E-state index in [4.69, 9.17) is 0 Å². The maximum atomic E-state index is 3.22. The maximum Gasteiger partial charge on any atom is -0.00491 e. The van der Waals surface area contributed by atoms with Crippen LogP contribution in [0.15, 0.2) is 0 Å². The molecule has 66 valence electrons. The van der Waals surface area contributed by atoms with E-state index >= 15 is 0 Å². The van der Waals surface area contributed by atoms with E-state index < -0.39 is 0 Å². The molecular weight excluding hydrogens is 134 g/mol. The van der Waals surface area contributed by atoms with Crippen molar-refractivity contribution in [3.63, 3.8) is 0 Å². The van der Waals surface area contributed by atoms with Crippen molar-refractivity contribution in [2.24, 2.45) is 17.8 Å². The van der Waals surface area contributed by atoms with Gasteiger partial charge in [0.25, 0.3) is 0 Å². The number of nitrogens with one attached hydrogen (secondary N) is 1. The van der Waals surface area contributed by atoms with Gasteiger partial charge >= 0.3 is 0 Å². The molecule has 1 nitrogen and oxygen atoms in total. The molecule has 1 N–H and O–H groups in total. The lowest BCUT2D eigenvalue weighted by molar-refractivity contribution is 0.582. The van der Waals surface area contributed by atoms with Crippen LogP contribution in [0.2, 0.25) is 0 Å². The van der Waals surface area contributed by atoms with Gasteiger partial charge in [0.15, 0.2) is 0 Å². The van der Waals surface area contributed by atoms with Crippen LogP contribution in [0.1, 0.15) is 33.1 Å². The van der Waals surface area contributed by atoms with Crippen molar-refractivity contribution in [3.8, 4) is 0 Å². The van der Waals surface area contributed by atoms with Crippen LogP contribution in [0.25, 0.3) is 0 Å². The Labute approximate surface area is 70.6 Å². The van der Waals surface area contributed by atoms with Crippen LogP contribution in [0.4, 0.5) is 0 Å². The van der Waals surface area contributed by atoms with E-state index in [0.29, 0.717) is 0 Å². The van der Waals surface area contributed by atoms with Crippen LogP contribution in [0, 0.1) is 17.8 Å². The first-order valence-corrected chi connectivity index (χ1v) is 4.95. The fraction of sp³-hybridized carbons (Fsp3) is 1.00. The molecule has 0 aromatic heterocycles. The minimum atomic E-state index is 1.02. The summed E-state index contributed by atoms with van der Waals surface area (Å²) in [7, 11) is 2.04. The average Bonchev–Trinajstić information content (AvgIpc) is 2.59. The van der Waals surface area contributed by atoms with Crippen molar-refractivity contribution in [1.82, 2.24) is 5.32 Å². The highest BCUT2D eigenvalue weighted by atomic mass is 14.8. The lowest BCUT2D eigenvalue weighted by Crippen LogP contribution is -2.08. The van der Waals surface area contributed by atoms with Gasteiger partial charge in [-0.1, -0.05) is 26.7 Å². The van der Waals surface area contributed by atoms with Crippen molar-refractivity contribution in [2.75, 3.05) is 13.6 Å². The van der Waals surface area contributed by atoms with Crippen LogP contribution >= 0.6 is 0 Å². The van der Waals surface area contributed by atoms with Crippen LogP contribution in [0.5, 0.6) is 0 Å². The lowest BCUT2D eigenvalue weighted by Gasteiger charge is -1.96. The first-order chi connectivity index (χ1) is 5.31. The van der Waals surface area contributed by atoms with Gasteiger partial charge in [-0.3, -0.25) is 0 Å². The molecule has 0 aliphatic heterocycles. The van der Waals surface area contributed by atoms with E-state index in [1.165, 1.54) is 25.8 Å². The number of rotatable bonds is 5. The topological polar surface area (TPSA) is 12.0 Å². The quantitative estimate of drug-likeness (QED) is 0.642. The maximum absolute atomic E-state index is 3.22. The summed E-state index contributed by atoms with van der Waals surface area (Å²) in [5.74, 6) is 3.12. The molecule has 3 unspecified atom stereocenters. The molecule has 1 fully saturated rings. The summed E-state index contributed by atoms with van der Waals surface area (Å²) >= 11 is 0. The Morgan fingerprint density at radius 1 is 1.18 bits per heavy atom. The van der Waals surface area contributed by atoms with Crippen LogP contribution in [-0.4, -0.2) is 13.6 Å². The summed E-state index contributed by atoms with van der Waals surface area (Å²) in [5.41, 5.74) is 0. The van der Waals surface area contributed by atoms with Gasteiger partial charge < -0.3 is 5.32 Å². The Kier molecular flexibility index (Phi) is 3.38. The van der Waals surface area contributed by atoms with Gasteiger partial charge in [-0.2, -0.15) is 0 Å². The molecule has 1 aliphatic carbocycles. The Morgan fingerprint density at radius 3 is 2.36 bits per heavy atom. The number of hydrogen-bond acceptors (Lipinski definition) is 1. The van der Waals surface area contributed by atoms with Crippen molar-refractivity contribution in [2.45, 2.75) is 33.1 Å². The van der Waals surface area contributed by atoms with Crippen LogP contribution in [-0.2, 0) is 0 Å². The third-order valence-electron chi connectivity index (χ3n) is 3.11. The molecule has 0 saturated heterocycles. The van der Waals surface area contributed by atoms with Crippen molar-refractivity contribution in [3.05, 3.63) is 0 Å². The van der Waals surface area contributed by atoms with Crippen molar-refractivity contribution >= 4 is 0 Å². The zero-order valence-electron chi connectivity index (χ0n) is 8.06. The van der Waals surface area contributed by atoms with Gasteiger partial charge in [0.2, 0.25) is 0 Å². The average molecular weight is 155 g/mol. The van der Waals surface area contributed by atoms with E-state index in [0.717, 1.165) is 17.8 Å². The third kappa shape index (κ3) is 2.19. The SMILES string of the molecule is CCCC1C(C)C1CCNC. The largest absolute Gasteiger partial charge is 0.320 e. The third-order valence-corrected chi connectivity index (χ3v) is 3.11. The second-order valence-corrected chi connectivity index (χ2v) is 3.87. The van der Waals surface area contributed by atoms with Gasteiger partial charge in [0.1, 0.15) is 0 Å². The normalized spacial score (nSPS) is 35.7. The van der Waals surface area contributed by atoms with Gasteiger partial charge in [-0.15, -0.1) is 0 Å². The molecule has 0 heterocycles. The first kappa shape index (κ1) is 9.05. The molecule has 0 aromatic carbocycles. The minimum Gasteiger partial charge on any atom is -0.320 e. The molecule has 1 saturated carbocycles. The van der Waals surface area contributed by atoms with E-state index in [-0.39, 0.29) is 0 Å². The van der Waals surface area contributed by atoms with Crippen molar-refractivity contribution in [1.29, 1.82) is 0 Å². The summed E-state index contributed by atoms with van der Waals surface area (Å²) < 4.78 is 0. The predicted octanol–water partition coefficient (Wildman–Crippen LogP) is 2.28. The minimum absolute atomic E-state index is 1.02. The molecule has 0 radical (unpaired) electrons. The first-order valence-electron chi connectivity index (χ1n) is 4.95. The Hall–Kier alpha value is -0.0400. The van der Waals surface area contributed by atoms with Crippen molar-refractivity contribution < 1.29 is 0 Å². The molecular formula is C10H21N. The highest BCUT2D eigenvalue weighted by molar-refractivity contribution is 4.93. The molecule has 1 aliphatic rings. The lowest BCUT2D eigenvalue weighted by atomic mass is 10.1. The van der Waals surface area contributed by atoms with Gasteiger partial charge in [-0.25, -0.2) is 0 Å². The van der Waals surface area contributed by atoms with E-state index in [1.54, 1.807) is 0 Å². The van der Waals surface area contributed by atoms with Gasteiger partial charge in [0.05, 0.1) is 0 Å².